The van der Waals surface area contributed by atoms with E-state index in [0.717, 1.165) is 6.54 Å². The van der Waals surface area contributed by atoms with Crippen molar-refractivity contribution in [2.75, 3.05) is 0 Å². The third kappa shape index (κ3) is 3.17. The van der Waals surface area contributed by atoms with Crippen molar-refractivity contribution in [3.8, 4) is 0 Å². The maximum atomic E-state index is 2.26. The summed E-state index contributed by atoms with van der Waals surface area (Å²) in [6, 6.07) is 0. The average molecular weight is 195 g/mol. The van der Waals surface area contributed by atoms with E-state index < -0.39 is 0 Å². The van der Waals surface area contributed by atoms with E-state index in [2.05, 4.69) is 69.4 Å². The zero-order chi connectivity index (χ0) is 11.0. The number of nitrogens with zero attached hydrogens (tertiary/aromatic N) is 2. The predicted molar refractivity (Wildman–Crippen MR) is 59.1 cm³/mol. The topological polar surface area (TPSA) is 8.81 Å². The highest BCUT2D eigenvalue weighted by Crippen LogP contribution is 2.15. The average Bonchev–Trinajstić information content (AvgIpc) is 2.29. The molecule has 0 aliphatic carbocycles. The minimum Gasteiger partial charge on any atom is -0.236 e. The van der Waals surface area contributed by atoms with Crippen LogP contribution in [-0.4, -0.2) is 4.57 Å². The summed E-state index contributed by atoms with van der Waals surface area (Å²) in [5.74, 6) is 0. The van der Waals surface area contributed by atoms with Gasteiger partial charge < -0.3 is 0 Å². The van der Waals surface area contributed by atoms with Crippen molar-refractivity contribution in [2.45, 2.75) is 53.6 Å². The first kappa shape index (κ1) is 11.3. The van der Waals surface area contributed by atoms with Gasteiger partial charge in [-0.3, -0.25) is 0 Å². The maximum absolute atomic E-state index is 2.26. The lowest BCUT2D eigenvalue weighted by Gasteiger charge is -2.16. The number of imidazole rings is 1. The van der Waals surface area contributed by atoms with Gasteiger partial charge in [-0.05, 0) is 26.2 Å². The molecule has 0 aromatic carbocycles. The molecule has 0 saturated carbocycles. The summed E-state index contributed by atoms with van der Waals surface area (Å²) in [4.78, 5) is 0. The van der Waals surface area contributed by atoms with Gasteiger partial charge in [0, 0.05) is 0 Å². The summed E-state index contributed by atoms with van der Waals surface area (Å²) in [7, 11) is 0. The fourth-order valence-electron chi connectivity index (χ4n) is 1.43. The number of aromatic nitrogens is 2. The predicted octanol–water partition coefficient (Wildman–Crippen LogP) is 2.58. The summed E-state index contributed by atoms with van der Waals surface area (Å²) in [6.45, 7) is 14.5. The molecular formula is C12H23N2+. The highest BCUT2D eigenvalue weighted by Gasteiger charge is 2.21. The Balaban J connectivity index is 2.79. The molecule has 1 rings (SSSR count). The quantitative estimate of drug-likeness (QED) is 0.609. The molecule has 2 nitrogen and oxygen atoms in total. The lowest BCUT2D eigenvalue weighted by Crippen LogP contribution is -2.48. The van der Waals surface area contributed by atoms with E-state index >= 15 is 0 Å². The molecule has 14 heavy (non-hydrogen) atoms. The standard InChI is InChI=1S/C12H23N2/c1-11(2,3)9-13-7-8-14(10-13)12(4,5)6/h7-8,10H,9H2,1-6H3/q+1. The van der Waals surface area contributed by atoms with Crippen LogP contribution in [0.4, 0.5) is 0 Å². The van der Waals surface area contributed by atoms with Crippen molar-refractivity contribution in [1.29, 1.82) is 0 Å². The second kappa shape index (κ2) is 3.41. The Kier molecular flexibility index (Phi) is 2.75. The van der Waals surface area contributed by atoms with Crippen LogP contribution in [0.2, 0.25) is 0 Å². The molecule has 0 aliphatic rings. The summed E-state index contributed by atoms with van der Waals surface area (Å²) >= 11 is 0. The van der Waals surface area contributed by atoms with Gasteiger partial charge in [0.05, 0.1) is 6.54 Å². The Labute approximate surface area is 87.6 Å². The molecule has 0 unspecified atom stereocenters. The van der Waals surface area contributed by atoms with Gasteiger partial charge in [-0.15, -0.1) is 0 Å². The van der Waals surface area contributed by atoms with Crippen molar-refractivity contribution in [2.24, 2.45) is 5.41 Å². The Hall–Kier alpha value is -0.790. The van der Waals surface area contributed by atoms with Gasteiger partial charge in [-0.25, -0.2) is 9.13 Å². The van der Waals surface area contributed by atoms with Crippen LogP contribution in [-0.2, 0) is 12.1 Å². The smallest absolute Gasteiger partial charge is 0.236 e. The van der Waals surface area contributed by atoms with E-state index in [1.807, 2.05) is 0 Å². The molecule has 0 N–H and O–H groups in total. The molecule has 0 fully saturated rings. The second-order valence-electron chi connectivity index (χ2n) is 6.22. The molecule has 0 bridgehead atoms. The largest absolute Gasteiger partial charge is 0.244 e. The first-order valence-electron chi connectivity index (χ1n) is 5.26. The first-order valence-corrected chi connectivity index (χ1v) is 5.26. The molecule has 2 heteroatoms. The highest BCUT2D eigenvalue weighted by atomic mass is 15.1. The molecule has 0 aliphatic heterocycles. The van der Waals surface area contributed by atoms with Gasteiger partial charge in [0.15, 0.2) is 0 Å². The van der Waals surface area contributed by atoms with Gasteiger partial charge in [-0.1, -0.05) is 20.8 Å². The molecule has 0 radical (unpaired) electrons. The van der Waals surface area contributed by atoms with E-state index in [9.17, 15) is 0 Å². The summed E-state index contributed by atoms with van der Waals surface area (Å²) in [5.41, 5.74) is 0.526. The number of hydrogen-bond acceptors (Lipinski definition) is 0. The molecule has 1 aromatic rings. The van der Waals surface area contributed by atoms with Crippen LogP contribution >= 0.6 is 0 Å². The van der Waals surface area contributed by atoms with E-state index in [4.69, 9.17) is 0 Å². The van der Waals surface area contributed by atoms with Crippen LogP contribution in [0.15, 0.2) is 18.7 Å². The van der Waals surface area contributed by atoms with Gasteiger partial charge >= 0.3 is 0 Å². The van der Waals surface area contributed by atoms with E-state index in [1.54, 1.807) is 0 Å². The van der Waals surface area contributed by atoms with Crippen molar-refractivity contribution < 1.29 is 4.57 Å². The summed E-state index contributed by atoms with van der Waals surface area (Å²) < 4.78 is 4.50. The zero-order valence-corrected chi connectivity index (χ0v) is 10.3. The number of hydrogen-bond donors (Lipinski definition) is 0. The Morgan fingerprint density at radius 2 is 1.64 bits per heavy atom. The molecule has 1 aromatic heterocycles. The minimum absolute atomic E-state index is 0.184. The normalized spacial score (nSPS) is 13.3. The van der Waals surface area contributed by atoms with Gasteiger partial charge in [0.1, 0.15) is 17.9 Å². The van der Waals surface area contributed by atoms with E-state index in [-0.39, 0.29) is 5.54 Å². The highest BCUT2D eigenvalue weighted by molar-refractivity contribution is 4.73. The fourth-order valence-corrected chi connectivity index (χ4v) is 1.43. The van der Waals surface area contributed by atoms with Crippen LogP contribution < -0.4 is 4.57 Å². The van der Waals surface area contributed by atoms with Crippen LogP contribution in [0.1, 0.15) is 41.5 Å². The lowest BCUT2D eigenvalue weighted by molar-refractivity contribution is -0.753. The molecular weight excluding hydrogens is 172 g/mol. The zero-order valence-electron chi connectivity index (χ0n) is 10.3. The van der Waals surface area contributed by atoms with Crippen molar-refractivity contribution >= 4 is 0 Å². The lowest BCUT2D eigenvalue weighted by atomic mass is 9.97. The summed E-state index contributed by atoms with van der Waals surface area (Å²) in [6.07, 6.45) is 6.48. The third-order valence-corrected chi connectivity index (χ3v) is 2.12. The van der Waals surface area contributed by atoms with Crippen LogP contribution in [0, 0.1) is 5.41 Å². The van der Waals surface area contributed by atoms with Crippen LogP contribution in [0.5, 0.6) is 0 Å². The van der Waals surface area contributed by atoms with Gasteiger partial charge in [-0.2, -0.15) is 0 Å². The minimum atomic E-state index is 0.184. The van der Waals surface area contributed by atoms with Gasteiger partial charge in [0.2, 0.25) is 6.33 Å². The fraction of sp³-hybridized carbons (Fsp3) is 0.750. The van der Waals surface area contributed by atoms with E-state index in [0.29, 0.717) is 5.41 Å². The molecule has 0 spiro atoms. The third-order valence-electron chi connectivity index (χ3n) is 2.12. The van der Waals surface area contributed by atoms with Crippen LogP contribution in [0.3, 0.4) is 0 Å². The molecule has 0 amide bonds. The monoisotopic (exact) mass is 195 g/mol. The van der Waals surface area contributed by atoms with Crippen molar-refractivity contribution in [3.05, 3.63) is 18.7 Å². The first-order chi connectivity index (χ1) is 6.18. The maximum Gasteiger partial charge on any atom is 0.244 e. The number of rotatable bonds is 1. The van der Waals surface area contributed by atoms with Crippen molar-refractivity contribution in [1.82, 2.24) is 4.57 Å². The summed E-state index contributed by atoms with van der Waals surface area (Å²) in [5, 5.41) is 0. The molecule has 0 atom stereocenters. The molecule has 0 saturated heterocycles. The SMILES string of the molecule is CC(C)(C)Cn1cc[n+](C(C)(C)C)c1. The van der Waals surface area contributed by atoms with E-state index in [1.165, 1.54) is 0 Å². The van der Waals surface area contributed by atoms with Crippen molar-refractivity contribution in [3.63, 3.8) is 0 Å². The Bertz CT molecular complexity index is 297. The second-order valence-corrected chi connectivity index (χ2v) is 6.22. The Morgan fingerprint density at radius 1 is 1.07 bits per heavy atom. The van der Waals surface area contributed by atoms with Crippen LogP contribution in [0.25, 0.3) is 0 Å². The van der Waals surface area contributed by atoms with Gasteiger partial charge in [0.25, 0.3) is 0 Å². The molecule has 80 valence electrons. The molecule has 1 heterocycles. The Morgan fingerprint density at radius 3 is 2.00 bits per heavy atom.